The summed E-state index contributed by atoms with van der Waals surface area (Å²) in [6.45, 7) is 11.9. The van der Waals surface area contributed by atoms with Crippen molar-refractivity contribution in [2.45, 2.75) is 13.8 Å². The van der Waals surface area contributed by atoms with Crippen molar-refractivity contribution in [3.63, 3.8) is 0 Å². The predicted octanol–water partition coefficient (Wildman–Crippen LogP) is 5.81. The minimum atomic E-state index is 1.03. The van der Waals surface area contributed by atoms with Crippen LogP contribution in [0, 0.1) is 6.92 Å². The molecule has 2 aromatic rings. The zero-order chi connectivity index (χ0) is 14.5. The van der Waals surface area contributed by atoms with Crippen molar-refractivity contribution in [2.75, 3.05) is 0 Å². The van der Waals surface area contributed by atoms with Crippen molar-refractivity contribution in [3.05, 3.63) is 90.5 Å². The molecule has 0 aliphatic rings. The van der Waals surface area contributed by atoms with Gasteiger partial charge in [0.05, 0.1) is 0 Å². The SMILES string of the molecule is C=CC(=CC(=C)C)c1cccc(-c2cccc(C)c2)c1. The normalized spacial score (nSPS) is 11.2. The lowest BCUT2D eigenvalue weighted by Gasteiger charge is -2.07. The monoisotopic (exact) mass is 260 g/mol. The Balaban J connectivity index is 2.47. The largest absolute Gasteiger partial charge is 0.0984 e. The number of rotatable bonds is 4. The zero-order valence-corrected chi connectivity index (χ0v) is 12.2. The first kappa shape index (κ1) is 14.1. The Morgan fingerprint density at radius 1 is 1.00 bits per heavy atom. The van der Waals surface area contributed by atoms with Gasteiger partial charge in [-0.3, -0.25) is 0 Å². The van der Waals surface area contributed by atoms with E-state index in [0.717, 1.165) is 11.1 Å². The highest BCUT2D eigenvalue weighted by atomic mass is 14.1. The highest BCUT2D eigenvalue weighted by molar-refractivity contribution is 5.78. The molecule has 0 heteroatoms. The molecule has 0 saturated heterocycles. The van der Waals surface area contributed by atoms with Crippen molar-refractivity contribution in [2.24, 2.45) is 0 Å². The minimum absolute atomic E-state index is 1.03. The standard InChI is InChI=1S/C20H20/c1-5-17(12-15(2)3)19-10-7-11-20(14-19)18-9-6-8-16(4)13-18/h5-14H,1-2H2,3-4H3. The molecule has 0 aliphatic heterocycles. The van der Waals surface area contributed by atoms with E-state index in [2.05, 4.69) is 74.7 Å². The molecule has 0 amide bonds. The Bertz CT molecular complexity index is 672. The molecule has 0 aliphatic carbocycles. The van der Waals surface area contributed by atoms with E-state index in [4.69, 9.17) is 0 Å². The highest BCUT2D eigenvalue weighted by Gasteiger charge is 2.02. The summed E-state index contributed by atoms with van der Waals surface area (Å²) in [5.74, 6) is 0. The minimum Gasteiger partial charge on any atom is -0.0984 e. The van der Waals surface area contributed by atoms with E-state index < -0.39 is 0 Å². The number of allylic oxidation sites excluding steroid dienone is 4. The van der Waals surface area contributed by atoms with E-state index in [1.807, 2.05) is 13.0 Å². The van der Waals surface area contributed by atoms with Crippen LogP contribution in [0.15, 0.2) is 79.4 Å². The Morgan fingerprint density at radius 2 is 1.65 bits per heavy atom. The number of hydrogen-bond donors (Lipinski definition) is 0. The molecule has 0 aromatic heterocycles. The van der Waals surface area contributed by atoms with Crippen molar-refractivity contribution in [1.82, 2.24) is 0 Å². The lowest BCUT2D eigenvalue weighted by molar-refractivity contribution is 1.46. The Kier molecular flexibility index (Phi) is 4.37. The van der Waals surface area contributed by atoms with Crippen LogP contribution in [0.25, 0.3) is 16.7 Å². The van der Waals surface area contributed by atoms with E-state index >= 15 is 0 Å². The van der Waals surface area contributed by atoms with Crippen molar-refractivity contribution < 1.29 is 0 Å². The second kappa shape index (κ2) is 6.21. The lowest BCUT2D eigenvalue weighted by Crippen LogP contribution is -1.85. The van der Waals surface area contributed by atoms with Crippen LogP contribution in [-0.4, -0.2) is 0 Å². The first-order valence-electron chi connectivity index (χ1n) is 6.77. The third-order valence-electron chi connectivity index (χ3n) is 3.17. The summed E-state index contributed by atoms with van der Waals surface area (Å²) in [5.41, 5.74) is 7.04. The van der Waals surface area contributed by atoms with Gasteiger partial charge in [0.25, 0.3) is 0 Å². The zero-order valence-electron chi connectivity index (χ0n) is 12.2. The van der Waals surface area contributed by atoms with Crippen molar-refractivity contribution >= 4 is 5.57 Å². The molecule has 0 atom stereocenters. The van der Waals surface area contributed by atoms with E-state index in [1.165, 1.54) is 22.3 Å². The van der Waals surface area contributed by atoms with Crippen LogP contribution in [0.4, 0.5) is 0 Å². The molecule has 0 nitrogen and oxygen atoms in total. The van der Waals surface area contributed by atoms with E-state index in [9.17, 15) is 0 Å². The van der Waals surface area contributed by atoms with Crippen LogP contribution >= 0.6 is 0 Å². The average Bonchev–Trinajstić information content (AvgIpc) is 2.44. The van der Waals surface area contributed by atoms with E-state index in [0.29, 0.717) is 0 Å². The molecule has 0 N–H and O–H groups in total. The summed E-state index contributed by atoms with van der Waals surface area (Å²) in [5, 5.41) is 0. The van der Waals surface area contributed by atoms with Crippen LogP contribution in [-0.2, 0) is 0 Å². The van der Waals surface area contributed by atoms with Crippen molar-refractivity contribution in [1.29, 1.82) is 0 Å². The van der Waals surface area contributed by atoms with Gasteiger partial charge in [-0.1, -0.05) is 78.9 Å². The Labute approximate surface area is 121 Å². The highest BCUT2D eigenvalue weighted by Crippen LogP contribution is 2.25. The molecule has 20 heavy (non-hydrogen) atoms. The molecule has 2 rings (SSSR count). The van der Waals surface area contributed by atoms with Gasteiger partial charge in [0, 0.05) is 0 Å². The van der Waals surface area contributed by atoms with Gasteiger partial charge >= 0.3 is 0 Å². The van der Waals surface area contributed by atoms with Crippen molar-refractivity contribution in [3.8, 4) is 11.1 Å². The third kappa shape index (κ3) is 3.36. The number of aryl methyl sites for hydroxylation is 1. The molecular weight excluding hydrogens is 240 g/mol. The molecule has 0 saturated carbocycles. The molecule has 2 aromatic carbocycles. The van der Waals surface area contributed by atoms with E-state index in [1.54, 1.807) is 0 Å². The third-order valence-corrected chi connectivity index (χ3v) is 3.17. The van der Waals surface area contributed by atoms with Gasteiger partial charge in [0.1, 0.15) is 0 Å². The molecular formula is C20H20. The van der Waals surface area contributed by atoms with Gasteiger partial charge in [-0.2, -0.15) is 0 Å². The summed E-state index contributed by atoms with van der Waals surface area (Å²) in [6.07, 6.45) is 3.94. The second-order valence-corrected chi connectivity index (χ2v) is 5.10. The quantitative estimate of drug-likeness (QED) is 0.609. The van der Waals surface area contributed by atoms with Gasteiger partial charge in [0.15, 0.2) is 0 Å². The van der Waals surface area contributed by atoms with Gasteiger partial charge < -0.3 is 0 Å². The van der Waals surface area contributed by atoms with Crippen LogP contribution in [0.5, 0.6) is 0 Å². The fourth-order valence-corrected chi connectivity index (χ4v) is 2.23. The Morgan fingerprint density at radius 3 is 2.25 bits per heavy atom. The topological polar surface area (TPSA) is 0 Å². The molecule has 0 radical (unpaired) electrons. The van der Waals surface area contributed by atoms with Gasteiger partial charge in [-0.15, -0.1) is 0 Å². The first-order chi connectivity index (χ1) is 9.60. The molecule has 0 fully saturated rings. The maximum absolute atomic E-state index is 3.94. The summed E-state index contributed by atoms with van der Waals surface area (Å²) >= 11 is 0. The fourth-order valence-electron chi connectivity index (χ4n) is 2.23. The molecule has 0 spiro atoms. The van der Waals surface area contributed by atoms with Crippen LogP contribution in [0.3, 0.4) is 0 Å². The summed E-state index contributed by atoms with van der Waals surface area (Å²) in [7, 11) is 0. The smallest absolute Gasteiger partial charge is 0.0178 e. The molecule has 100 valence electrons. The van der Waals surface area contributed by atoms with Crippen LogP contribution in [0.2, 0.25) is 0 Å². The van der Waals surface area contributed by atoms with E-state index in [-0.39, 0.29) is 0 Å². The molecule has 0 heterocycles. The maximum atomic E-state index is 3.94. The number of hydrogen-bond acceptors (Lipinski definition) is 0. The lowest BCUT2D eigenvalue weighted by atomic mass is 9.97. The Hall–Kier alpha value is -2.34. The van der Waals surface area contributed by atoms with Gasteiger partial charge in [-0.25, -0.2) is 0 Å². The summed E-state index contributed by atoms with van der Waals surface area (Å²) < 4.78 is 0. The van der Waals surface area contributed by atoms with Crippen LogP contribution in [0.1, 0.15) is 18.1 Å². The predicted molar refractivity (Wildman–Crippen MR) is 89.6 cm³/mol. The summed E-state index contributed by atoms with van der Waals surface area (Å²) in [4.78, 5) is 0. The average molecular weight is 260 g/mol. The van der Waals surface area contributed by atoms with Crippen LogP contribution < -0.4 is 0 Å². The molecule has 0 bridgehead atoms. The first-order valence-corrected chi connectivity index (χ1v) is 6.77. The summed E-state index contributed by atoms with van der Waals surface area (Å²) in [6, 6.07) is 17.1. The number of benzene rings is 2. The van der Waals surface area contributed by atoms with Gasteiger partial charge in [0.2, 0.25) is 0 Å². The maximum Gasteiger partial charge on any atom is -0.0178 e. The fraction of sp³-hybridized carbons (Fsp3) is 0.100. The van der Waals surface area contributed by atoms with Gasteiger partial charge in [-0.05, 0) is 42.2 Å². The second-order valence-electron chi connectivity index (χ2n) is 5.10. The molecule has 0 unspecified atom stereocenters.